The molecule has 1 heterocycles. The van der Waals surface area contributed by atoms with E-state index in [0.717, 1.165) is 32.1 Å². The molecule has 0 bridgehead atoms. The second-order valence-corrected chi connectivity index (χ2v) is 9.58. The molecule has 0 spiro atoms. The zero-order valence-electron chi connectivity index (χ0n) is 20.8. The van der Waals surface area contributed by atoms with Gasteiger partial charge in [-0.1, -0.05) is 73.3 Å². The van der Waals surface area contributed by atoms with Crippen molar-refractivity contribution >= 4 is 27.5 Å². The molecule has 0 N–H and O–H groups in total. The first-order valence-electron chi connectivity index (χ1n) is 12.2. The molecule has 0 aliphatic heterocycles. The van der Waals surface area contributed by atoms with Crippen molar-refractivity contribution in [3.05, 3.63) is 66.3 Å². The minimum absolute atomic E-state index is 0.210. The van der Waals surface area contributed by atoms with Gasteiger partial charge in [-0.3, -0.25) is 0 Å². The van der Waals surface area contributed by atoms with E-state index in [-0.39, 0.29) is 10.8 Å². The Morgan fingerprint density at radius 3 is 1.52 bits per heavy atom. The van der Waals surface area contributed by atoms with Gasteiger partial charge in [0.25, 0.3) is 0 Å². The van der Waals surface area contributed by atoms with Crippen LogP contribution in [-0.4, -0.2) is 4.57 Å². The van der Waals surface area contributed by atoms with Crippen LogP contribution in [0, 0.1) is 0 Å². The maximum atomic E-state index is 4.13. The Bertz CT molecular complexity index is 1030. The first-order chi connectivity index (χ1) is 14.8. The van der Waals surface area contributed by atoms with Gasteiger partial charge in [0.1, 0.15) is 0 Å². The van der Waals surface area contributed by atoms with Crippen molar-refractivity contribution in [3.8, 4) is 0 Å². The Labute approximate surface area is 189 Å². The quantitative estimate of drug-likeness (QED) is 0.307. The SMILES string of the molecule is C=C/C(=C\CC)n1c2ccc(C(C)(CC)CC)cc2c2cc(C(C)(CC)CC)ccc21. The van der Waals surface area contributed by atoms with Gasteiger partial charge in [-0.2, -0.15) is 0 Å². The Morgan fingerprint density at radius 2 is 1.19 bits per heavy atom. The van der Waals surface area contributed by atoms with Gasteiger partial charge in [0.2, 0.25) is 0 Å². The summed E-state index contributed by atoms with van der Waals surface area (Å²) in [5.41, 5.74) is 7.04. The third kappa shape index (κ3) is 3.88. The molecule has 166 valence electrons. The topological polar surface area (TPSA) is 4.93 Å². The second kappa shape index (κ2) is 9.07. The van der Waals surface area contributed by atoms with Gasteiger partial charge >= 0.3 is 0 Å². The molecule has 3 aromatic rings. The highest BCUT2D eigenvalue weighted by Crippen LogP contribution is 2.40. The van der Waals surface area contributed by atoms with Crippen LogP contribution < -0.4 is 0 Å². The average molecular weight is 416 g/mol. The van der Waals surface area contributed by atoms with Gasteiger partial charge in [0, 0.05) is 16.5 Å². The van der Waals surface area contributed by atoms with Crippen LogP contribution in [0.4, 0.5) is 0 Å². The average Bonchev–Trinajstić information content (AvgIpc) is 3.14. The monoisotopic (exact) mass is 415 g/mol. The van der Waals surface area contributed by atoms with E-state index in [1.54, 1.807) is 0 Å². The summed E-state index contributed by atoms with van der Waals surface area (Å²) in [5.74, 6) is 0. The molecule has 0 atom stereocenters. The number of benzene rings is 2. The van der Waals surface area contributed by atoms with Crippen LogP contribution >= 0.6 is 0 Å². The van der Waals surface area contributed by atoms with E-state index >= 15 is 0 Å². The van der Waals surface area contributed by atoms with Gasteiger partial charge in [0.15, 0.2) is 0 Å². The first-order valence-corrected chi connectivity index (χ1v) is 12.2. The van der Waals surface area contributed by atoms with Crippen LogP contribution in [0.2, 0.25) is 0 Å². The molecule has 1 nitrogen and oxygen atoms in total. The predicted molar refractivity (Wildman–Crippen MR) is 140 cm³/mol. The molecular weight excluding hydrogens is 374 g/mol. The van der Waals surface area contributed by atoms with Gasteiger partial charge in [-0.25, -0.2) is 0 Å². The van der Waals surface area contributed by atoms with E-state index in [0.29, 0.717) is 0 Å². The highest BCUT2D eigenvalue weighted by Gasteiger charge is 2.26. The van der Waals surface area contributed by atoms with Crippen LogP contribution in [0.3, 0.4) is 0 Å². The molecule has 0 fully saturated rings. The molecule has 2 aromatic carbocycles. The standard InChI is InChI=1S/C30H41N/c1-9-15-24(10-2)31-27-18-16-22(29(7,11-3)12-4)20-25(27)26-21-23(17-19-28(26)31)30(8,13-5)14-6/h10,15-21H,2,9,11-14H2,1,3-8H3/b24-15+. The molecule has 0 amide bonds. The minimum atomic E-state index is 0.210. The molecule has 0 unspecified atom stereocenters. The van der Waals surface area contributed by atoms with Crippen molar-refractivity contribution in [1.29, 1.82) is 0 Å². The van der Waals surface area contributed by atoms with Crippen LogP contribution in [0.5, 0.6) is 0 Å². The molecule has 0 saturated heterocycles. The fraction of sp³-hybridized carbons (Fsp3) is 0.467. The van der Waals surface area contributed by atoms with E-state index < -0.39 is 0 Å². The summed E-state index contributed by atoms with van der Waals surface area (Å²) in [4.78, 5) is 0. The number of fused-ring (bicyclic) bond motifs is 3. The molecule has 1 heteroatoms. The number of nitrogens with zero attached hydrogens (tertiary/aromatic N) is 1. The largest absolute Gasteiger partial charge is 0.310 e. The molecule has 3 rings (SSSR count). The summed E-state index contributed by atoms with van der Waals surface area (Å²) < 4.78 is 2.40. The van der Waals surface area contributed by atoms with Crippen LogP contribution in [0.1, 0.15) is 91.7 Å². The molecular formula is C30H41N. The van der Waals surface area contributed by atoms with E-state index in [2.05, 4.69) is 102 Å². The predicted octanol–water partition coefficient (Wildman–Crippen LogP) is 9.39. The number of hydrogen-bond donors (Lipinski definition) is 0. The van der Waals surface area contributed by atoms with Gasteiger partial charge in [-0.15, -0.1) is 0 Å². The first kappa shape index (κ1) is 23.4. The highest BCUT2D eigenvalue weighted by atomic mass is 15.0. The van der Waals surface area contributed by atoms with E-state index in [1.807, 2.05) is 6.08 Å². The van der Waals surface area contributed by atoms with Crippen molar-refractivity contribution < 1.29 is 0 Å². The number of aromatic nitrogens is 1. The zero-order valence-corrected chi connectivity index (χ0v) is 20.8. The molecule has 0 aliphatic rings. The lowest BCUT2D eigenvalue weighted by Gasteiger charge is -2.28. The molecule has 1 aromatic heterocycles. The summed E-state index contributed by atoms with van der Waals surface area (Å²) in [6, 6.07) is 14.3. The smallest absolute Gasteiger partial charge is 0.0541 e. The van der Waals surface area contributed by atoms with Crippen molar-refractivity contribution in [2.24, 2.45) is 0 Å². The van der Waals surface area contributed by atoms with E-state index in [4.69, 9.17) is 0 Å². The van der Waals surface area contributed by atoms with Crippen LogP contribution in [0.15, 0.2) is 55.1 Å². The number of rotatable bonds is 9. The third-order valence-corrected chi connectivity index (χ3v) is 8.16. The van der Waals surface area contributed by atoms with Crippen molar-refractivity contribution in [3.63, 3.8) is 0 Å². The second-order valence-electron chi connectivity index (χ2n) is 9.58. The van der Waals surface area contributed by atoms with Crippen LogP contribution in [0.25, 0.3) is 27.5 Å². The molecule has 31 heavy (non-hydrogen) atoms. The Balaban J connectivity index is 2.43. The van der Waals surface area contributed by atoms with Gasteiger partial charge < -0.3 is 4.57 Å². The van der Waals surface area contributed by atoms with Crippen molar-refractivity contribution in [2.75, 3.05) is 0 Å². The maximum Gasteiger partial charge on any atom is 0.0541 e. The summed E-state index contributed by atoms with van der Waals surface area (Å²) in [5, 5.41) is 2.72. The van der Waals surface area contributed by atoms with Gasteiger partial charge in [-0.05, 0) is 84.4 Å². The summed E-state index contributed by atoms with van der Waals surface area (Å²) in [6.07, 6.45) is 9.86. The number of allylic oxidation sites excluding steroid dienone is 3. The fourth-order valence-electron chi connectivity index (χ4n) is 4.84. The molecule has 0 radical (unpaired) electrons. The third-order valence-electron chi connectivity index (χ3n) is 8.16. The van der Waals surface area contributed by atoms with E-state index in [1.165, 1.54) is 38.6 Å². The lowest BCUT2D eigenvalue weighted by molar-refractivity contribution is 0.439. The van der Waals surface area contributed by atoms with Crippen molar-refractivity contribution in [2.45, 2.75) is 91.4 Å². The van der Waals surface area contributed by atoms with Gasteiger partial charge in [0.05, 0.1) is 11.0 Å². The van der Waals surface area contributed by atoms with Crippen molar-refractivity contribution in [1.82, 2.24) is 4.57 Å². The zero-order chi connectivity index (χ0) is 22.8. The molecule has 0 aliphatic carbocycles. The molecule has 0 saturated carbocycles. The lowest BCUT2D eigenvalue weighted by Crippen LogP contribution is -2.19. The lowest BCUT2D eigenvalue weighted by atomic mass is 9.77. The summed E-state index contributed by atoms with van der Waals surface area (Å²) in [6.45, 7) is 20.3. The Hall–Kier alpha value is -2.28. The Kier molecular flexibility index (Phi) is 6.84. The number of hydrogen-bond acceptors (Lipinski definition) is 0. The van der Waals surface area contributed by atoms with E-state index in [9.17, 15) is 0 Å². The summed E-state index contributed by atoms with van der Waals surface area (Å²) >= 11 is 0. The highest BCUT2D eigenvalue weighted by molar-refractivity contribution is 6.11. The summed E-state index contributed by atoms with van der Waals surface area (Å²) in [7, 11) is 0. The Morgan fingerprint density at radius 1 is 0.774 bits per heavy atom. The maximum absolute atomic E-state index is 4.13. The van der Waals surface area contributed by atoms with Crippen LogP contribution in [-0.2, 0) is 10.8 Å². The fourth-order valence-corrected chi connectivity index (χ4v) is 4.84. The normalized spacial score (nSPS) is 13.3. The minimum Gasteiger partial charge on any atom is -0.310 e.